The smallest absolute Gasteiger partial charge is 0.265 e. The molecule has 0 aliphatic rings. The molecule has 1 aromatic heterocycles. The van der Waals surface area contributed by atoms with Crippen LogP contribution in [0.4, 0.5) is 5.69 Å². The largest absolute Gasteiger partial charge is 0.352 e. The number of amides is 2. The number of hydrogen-bond acceptors (Lipinski definition) is 3. The molecule has 6 heteroatoms. The maximum absolute atomic E-state index is 12.7. The minimum Gasteiger partial charge on any atom is -0.352 e. The van der Waals surface area contributed by atoms with E-state index in [2.05, 4.69) is 26.6 Å². The average Bonchev–Trinajstić information content (AvgIpc) is 3.14. The van der Waals surface area contributed by atoms with Gasteiger partial charge < -0.3 is 10.6 Å². The molecule has 27 heavy (non-hydrogen) atoms. The van der Waals surface area contributed by atoms with Crippen molar-refractivity contribution in [2.45, 2.75) is 13.8 Å². The number of halogens is 1. The van der Waals surface area contributed by atoms with Crippen molar-refractivity contribution in [3.8, 4) is 10.4 Å². The van der Waals surface area contributed by atoms with Crippen LogP contribution in [0.3, 0.4) is 0 Å². The Morgan fingerprint density at radius 2 is 1.74 bits per heavy atom. The van der Waals surface area contributed by atoms with Crippen LogP contribution in [0.25, 0.3) is 10.4 Å². The third-order valence-electron chi connectivity index (χ3n) is 4.04. The first-order valence-electron chi connectivity index (χ1n) is 8.54. The highest BCUT2D eigenvalue weighted by molar-refractivity contribution is 9.10. The first-order chi connectivity index (χ1) is 13.0. The Bertz CT molecular complexity index is 980. The number of thiophene rings is 1. The van der Waals surface area contributed by atoms with Crippen molar-refractivity contribution in [2.24, 2.45) is 0 Å². The van der Waals surface area contributed by atoms with Gasteiger partial charge in [-0.1, -0.05) is 34.1 Å². The third kappa shape index (κ3) is 4.64. The van der Waals surface area contributed by atoms with Crippen molar-refractivity contribution in [2.75, 3.05) is 11.9 Å². The summed E-state index contributed by atoms with van der Waals surface area (Å²) in [6.07, 6.45) is 0. The number of nitrogens with one attached hydrogen (secondary N) is 2. The van der Waals surface area contributed by atoms with Crippen LogP contribution in [-0.2, 0) is 0 Å². The van der Waals surface area contributed by atoms with E-state index in [0.29, 0.717) is 22.7 Å². The van der Waals surface area contributed by atoms with Crippen LogP contribution in [0.2, 0.25) is 0 Å². The molecular formula is C21H19BrN2O2S. The topological polar surface area (TPSA) is 58.2 Å². The van der Waals surface area contributed by atoms with Gasteiger partial charge in [0, 0.05) is 27.1 Å². The summed E-state index contributed by atoms with van der Waals surface area (Å²) >= 11 is 4.86. The molecule has 0 unspecified atom stereocenters. The molecule has 3 aromatic rings. The molecule has 2 N–H and O–H groups in total. The molecule has 0 fully saturated rings. The van der Waals surface area contributed by atoms with Gasteiger partial charge in [-0.3, -0.25) is 9.59 Å². The normalized spacial score (nSPS) is 10.5. The van der Waals surface area contributed by atoms with Crippen LogP contribution >= 0.6 is 27.3 Å². The molecule has 138 valence electrons. The fourth-order valence-electron chi connectivity index (χ4n) is 2.57. The quantitative estimate of drug-likeness (QED) is 0.548. The van der Waals surface area contributed by atoms with Crippen molar-refractivity contribution in [1.29, 1.82) is 0 Å². The van der Waals surface area contributed by atoms with Crippen molar-refractivity contribution >= 4 is 44.8 Å². The van der Waals surface area contributed by atoms with E-state index in [1.54, 1.807) is 12.1 Å². The molecule has 0 bridgehead atoms. The second kappa shape index (κ2) is 8.50. The summed E-state index contributed by atoms with van der Waals surface area (Å²) < 4.78 is 1.02. The van der Waals surface area contributed by atoms with Crippen molar-refractivity contribution < 1.29 is 9.59 Å². The molecule has 0 aliphatic carbocycles. The van der Waals surface area contributed by atoms with Gasteiger partial charge in [0.2, 0.25) is 0 Å². The zero-order valence-electron chi connectivity index (χ0n) is 15.0. The second-order valence-corrected chi connectivity index (χ2v) is 8.01. The monoisotopic (exact) mass is 442 g/mol. The van der Waals surface area contributed by atoms with E-state index in [9.17, 15) is 9.59 Å². The molecule has 0 radical (unpaired) electrons. The average molecular weight is 443 g/mol. The van der Waals surface area contributed by atoms with Crippen molar-refractivity contribution in [3.05, 3.63) is 75.1 Å². The lowest BCUT2D eigenvalue weighted by atomic mass is 10.1. The van der Waals surface area contributed by atoms with E-state index >= 15 is 0 Å². The number of carbonyl (C=O) groups is 2. The molecule has 2 amide bonds. The highest BCUT2D eigenvalue weighted by Gasteiger charge is 2.13. The van der Waals surface area contributed by atoms with E-state index in [1.807, 2.05) is 56.3 Å². The Morgan fingerprint density at radius 3 is 2.44 bits per heavy atom. The van der Waals surface area contributed by atoms with Gasteiger partial charge in [0.25, 0.3) is 11.8 Å². The van der Waals surface area contributed by atoms with Gasteiger partial charge in [-0.25, -0.2) is 0 Å². The molecule has 0 atom stereocenters. The van der Waals surface area contributed by atoms with Crippen LogP contribution < -0.4 is 10.6 Å². The van der Waals surface area contributed by atoms with Gasteiger partial charge in [0.15, 0.2) is 0 Å². The molecule has 3 rings (SSSR count). The highest BCUT2D eigenvalue weighted by atomic mass is 79.9. The summed E-state index contributed by atoms with van der Waals surface area (Å²) in [6.45, 7) is 4.33. The highest BCUT2D eigenvalue weighted by Crippen LogP contribution is 2.30. The van der Waals surface area contributed by atoms with Crippen LogP contribution in [0.1, 0.15) is 32.5 Å². The van der Waals surface area contributed by atoms with Gasteiger partial charge in [-0.15, -0.1) is 11.3 Å². The molecule has 0 aliphatic heterocycles. The SMILES string of the molecule is CCNC(=O)c1ccc(C)c(NC(=O)c2ccc(-c3ccc(Br)cc3)s2)c1. The minimum absolute atomic E-state index is 0.151. The zero-order valence-corrected chi connectivity index (χ0v) is 17.4. The first-order valence-corrected chi connectivity index (χ1v) is 10.1. The number of hydrogen-bond donors (Lipinski definition) is 2. The Kier molecular flexibility index (Phi) is 6.08. The molecular weight excluding hydrogens is 424 g/mol. The van der Waals surface area contributed by atoms with Crippen LogP contribution in [0.15, 0.2) is 59.1 Å². The van der Waals surface area contributed by atoms with Crippen molar-refractivity contribution in [3.63, 3.8) is 0 Å². The molecule has 2 aromatic carbocycles. The lowest BCUT2D eigenvalue weighted by Crippen LogP contribution is -2.23. The molecule has 0 saturated heterocycles. The number of aryl methyl sites for hydroxylation is 1. The van der Waals surface area contributed by atoms with Crippen molar-refractivity contribution in [1.82, 2.24) is 5.32 Å². The van der Waals surface area contributed by atoms with Gasteiger partial charge in [0.05, 0.1) is 4.88 Å². The minimum atomic E-state index is -0.181. The Morgan fingerprint density at radius 1 is 1.00 bits per heavy atom. The van der Waals surface area contributed by atoms with Crippen LogP contribution in [-0.4, -0.2) is 18.4 Å². The van der Waals surface area contributed by atoms with E-state index in [4.69, 9.17) is 0 Å². The summed E-state index contributed by atoms with van der Waals surface area (Å²) in [5.41, 5.74) is 3.14. The Hall–Kier alpha value is -2.44. The number of anilines is 1. The molecule has 4 nitrogen and oxygen atoms in total. The second-order valence-electron chi connectivity index (χ2n) is 6.01. The van der Waals surface area contributed by atoms with Gasteiger partial charge in [-0.05, 0) is 61.4 Å². The predicted octanol–water partition coefficient (Wildman–Crippen LogP) is 5.49. The van der Waals surface area contributed by atoms with Crippen LogP contribution in [0, 0.1) is 6.92 Å². The molecule has 0 spiro atoms. The van der Waals surface area contributed by atoms with Crippen LogP contribution in [0.5, 0.6) is 0 Å². The number of rotatable bonds is 5. The zero-order chi connectivity index (χ0) is 19.4. The summed E-state index contributed by atoms with van der Waals surface area (Å²) in [5, 5.41) is 5.69. The fraction of sp³-hybridized carbons (Fsp3) is 0.143. The summed E-state index contributed by atoms with van der Waals surface area (Å²) in [5.74, 6) is -0.332. The number of carbonyl (C=O) groups excluding carboxylic acids is 2. The predicted molar refractivity (Wildman–Crippen MR) is 115 cm³/mol. The maximum Gasteiger partial charge on any atom is 0.265 e. The first kappa shape index (κ1) is 19.3. The van der Waals surface area contributed by atoms with E-state index < -0.39 is 0 Å². The lowest BCUT2D eigenvalue weighted by Gasteiger charge is -2.10. The number of benzene rings is 2. The van der Waals surface area contributed by atoms with Gasteiger partial charge in [-0.2, -0.15) is 0 Å². The maximum atomic E-state index is 12.7. The standard InChI is InChI=1S/C21H19BrN2O2S/c1-3-23-20(25)15-5-4-13(2)17(12-15)24-21(26)19-11-10-18(27-19)14-6-8-16(22)9-7-14/h4-12H,3H2,1-2H3,(H,23,25)(H,24,26). The summed E-state index contributed by atoms with van der Waals surface area (Å²) in [6, 6.07) is 17.0. The Labute approximate surface area is 170 Å². The summed E-state index contributed by atoms with van der Waals surface area (Å²) in [7, 11) is 0. The van der Waals surface area contributed by atoms with E-state index in [-0.39, 0.29) is 11.8 Å². The molecule has 1 heterocycles. The molecule has 0 saturated carbocycles. The Balaban J connectivity index is 1.79. The third-order valence-corrected chi connectivity index (χ3v) is 5.71. The lowest BCUT2D eigenvalue weighted by molar-refractivity contribution is 0.0954. The summed E-state index contributed by atoms with van der Waals surface area (Å²) in [4.78, 5) is 26.3. The van der Waals surface area contributed by atoms with E-state index in [1.165, 1.54) is 11.3 Å². The van der Waals surface area contributed by atoms with Gasteiger partial charge >= 0.3 is 0 Å². The van der Waals surface area contributed by atoms with Gasteiger partial charge in [0.1, 0.15) is 0 Å². The van der Waals surface area contributed by atoms with E-state index in [0.717, 1.165) is 20.5 Å². The fourth-order valence-corrected chi connectivity index (χ4v) is 3.74.